The molecule has 1 aromatic carbocycles. The van der Waals surface area contributed by atoms with Crippen molar-refractivity contribution in [2.75, 3.05) is 6.61 Å². The summed E-state index contributed by atoms with van der Waals surface area (Å²) < 4.78 is 35.4. The Kier molecular flexibility index (Phi) is 6.15. The van der Waals surface area contributed by atoms with Crippen LogP contribution in [0.3, 0.4) is 0 Å². The van der Waals surface area contributed by atoms with E-state index in [1.54, 1.807) is 30.5 Å². The van der Waals surface area contributed by atoms with Crippen LogP contribution < -0.4 is 9.46 Å². The molecule has 1 saturated carbocycles. The van der Waals surface area contributed by atoms with Crippen LogP contribution in [0.4, 0.5) is 0 Å². The van der Waals surface area contributed by atoms with E-state index in [0.717, 1.165) is 24.2 Å². The number of benzene rings is 1. The smallest absolute Gasteiger partial charge is 0.240 e. The van der Waals surface area contributed by atoms with Crippen molar-refractivity contribution in [1.82, 2.24) is 19.5 Å². The van der Waals surface area contributed by atoms with Crippen LogP contribution in [-0.4, -0.2) is 29.8 Å². The summed E-state index contributed by atoms with van der Waals surface area (Å²) in [5.74, 6) is 0.645. The second kappa shape index (κ2) is 8.97. The quantitative estimate of drug-likeness (QED) is 0.590. The van der Waals surface area contributed by atoms with Gasteiger partial charge in [0.2, 0.25) is 10.0 Å². The van der Waals surface area contributed by atoms with Gasteiger partial charge in [-0.1, -0.05) is 18.9 Å². The molecule has 0 unspecified atom stereocenters. The molecule has 8 heteroatoms. The first-order valence-electron chi connectivity index (χ1n) is 10.3. The van der Waals surface area contributed by atoms with Gasteiger partial charge in [-0.25, -0.2) is 13.1 Å². The van der Waals surface area contributed by atoms with Gasteiger partial charge in [-0.15, -0.1) is 0 Å². The van der Waals surface area contributed by atoms with Gasteiger partial charge >= 0.3 is 0 Å². The van der Waals surface area contributed by atoms with Crippen LogP contribution in [0.15, 0.2) is 59.6 Å². The third-order valence-corrected chi connectivity index (χ3v) is 6.69. The monoisotopic (exact) mass is 426 g/mol. The number of nitrogens with one attached hydrogen (secondary N) is 1. The standard InChI is InChI=1S/C22H26N4O3S/c1-2-29-19-10-12-20(13-11-19)30(27,28)24-16-17-15-22(21-9-5-6-14-23-21)26(25-17)18-7-3-4-8-18/h5-6,9-15,18,24H,2-4,7-8,16H2,1H3. The largest absolute Gasteiger partial charge is 0.494 e. The Morgan fingerprint density at radius 3 is 2.57 bits per heavy atom. The topological polar surface area (TPSA) is 86.1 Å². The van der Waals surface area contributed by atoms with E-state index in [4.69, 9.17) is 9.84 Å². The van der Waals surface area contributed by atoms with Crippen LogP contribution in [0.5, 0.6) is 5.75 Å². The molecule has 3 aromatic rings. The molecule has 0 bridgehead atoms. The van der Waals surface area contributed by atoms with Crippen molar-refractivity contribution in [3.63, 3.8) is 0 Å². The van der Waals surface area contributed by atoms with Gasteiger partial charge in [0.1, 0.15) is 5.75 Å². The molecular weight excluding hydrogens is 400 g/mol. The second-order valence-corrected chi connectivity index (χ2v) is 9.11. The molecule has 0 saturated heterocycles. The number of rotatable bonds is 8. The fourth-order valence-electron chi connectivity index (χ4n) is 3.80. The number of ether oxygens (including phenoxy) is 1. The first-order valence-corrected chi connectivity index (χ1v) is 11.8. The van der Waals surface area contributed by atoms with Crippen LogP contribution in [-0.2, 0) is 16.6 Å². The predicted octanol–water partition coefficient (Wildman–Crippen LogP) is 3.94. The molecule has 2 aromatic heterocycles. The summed E-state index contributed by atoms with van der Waals surface area (Å²) in [6, 6.07) is 14.5. The van der Waals surface area contributed by atoms with Crippen molar-refractivity contribution in [3.05, 3.63) is 60.4 Å². The highest BCUT2D eigenvalue weighted by atomic mass is 32.2. The molecule has 0 atom stereocenters. The summed E-state index contributed by atoms with van der Waals surface area (Å²) in [4.78, 5) is 4.66. The molecular formula is C22H26N4O3S. The lowest BCUT2D eigenvalue weighted by Crippen LogP contribution is -2.23. The fourth-order valence-corrected chi connectivity index (χ4v) is 4.80. The van der Waals surface area contributed by atoms with Crippen molar-refractivity contribution in [2.24, 2.45) is 0 Å². The maximum Gasteiger partial charge on any atom is 0.240 e. The van der Waals surface area contributed by atoms with Gasteiger partial charge in [0, 0.05) is 6.20 Å². The number of nitrogens with zero attached hydrogens (tertiary/aromatic N) is 3. The molecule has 158 valence electrons. The van der Waals surface area contributed by atoms with Gasteiger partial charge in [-0.2, -0.15) is 5.10 Å². The van der Waals surface area contributed by atoms with Crippen LogP contribution in [0.25, 0.3) is 11.4 Å². The molecule has 0 spiro atoms. The number of aromatic nitrogens is 3. The highest BCUT2D eigenvalue weighted by Crippen LogP contribution is 2.33. The highest BCUT2D eigenvalue weighted by Gasteiger charge is 2.23. The Bertz CT molecular complexity index is 1070. The molecule has 1 N–H and O–H groups in total. The van der Waals surface area contributed by atoms with E-state index >= 15 is 0 Å². The van der Waals surface area contributed by atoms with Crippen LogP contribution in [0.2, 0.25) is 0 Å². The minimum atomic E-state index is -3.65. The Labute approximate surface area is 177 Å². The fraction of sp³-hybridized carbons (Fsp3) is 0.364. The van der Waals surface area contributed by atoms with Gasteiger partial charge < -0.3 is 4.74 Å². The Hall–Kier alpha value is -2.71. The number of hydrogen-bond donors (Lipinski definition) is 1. The Balaban J connectivity index is 1.54. The van der Waals surface area contributed by atoms with Gasteiger partial charge in [-0.05, 0) is 62.2 Å². The molecule has 0 amide bonds. The van der Waals surface area contributed by atoms with Gasteiger partial charge in [0.25, 0.3) is 0 Å². The van der Waals surface area contributed by atoms with E-state index in [2.05, 4.69) is 9.71 Å². The third kappa shape index (κ3) is 4.55. The zero-order chi connectivity index (χ0) is 21.0. The summed E-state index contributed by atoms with van der Waals surface area (Å²) in [6.07, 6.45) is 6.30. The normalized spacial score (nSPS) is 14.8. The van der Waals surface area contributed by atoms with Crippen molar-refractivity contribution < 1.29 is 13.2 Å². The molecule has 1 aliphatic carbocycles. The minimum Gasteiger partial charge on any atom is -0.494 e. The van der Waals surface area contributed by atoms with E-state index in [-0.39, 0.29) is 11.4 Å². The summed E-state index contributed by atoms with van der Waals surface area (Å²) >= 11 is 0. The van der Waals surface area contributed by atoms with Crippen molar-refractivity contribution in [3.8, 4) is 17.1 Å². The van der Waals surface area contributed by atoms with Crippen molar-refractivity contribution in [2.45, 2.75) is 50.1 Å². The average Bonchev–Trinajstić information content (AvgIpc) is 3.44. The maximum atomic E-state index is 12.7. The maximum absolute atomic E-state index is 12.7. The second-order valence-electron chi connectivity index (χ2n) is 7.35. The van der Waals surface area contributed by atoms with E-state index in [1.807, 2.05) is 35.9 Å². The Morgan fingerprint density at radius 1 is 1.13 bits per heavy atom. The van der Waals surface area contributed by atoms with Gasteiger partial charge in [0.15, 0.2) is 0 Å². The van der Waals surface area contributed by atoms with Crippen LogP contribution in [0, 0.1) is 0 Å². The lowest BCUT2D eigenvalue weighted by Gasteiger charge is -2.13. The molecule has 0 aliphatic heterocycles. The SMILES string of the molecule is CCOc1ccc(S(=O)(=O)NCc2cc(-c3ccccn3)n(C3CCCC3)n2)cc1. The van der Waals surface area contributed by atoms with E-state index in [1.165, 1.54) is 12.8 Å². The third-order valence-electron chi connectivity index (χ3n) is 5.27. The average molecular weight is 427 g/mol. The zero-order valence-corrected chi connectivity index (χ0v) is 17.8. The number of hydrogen-bond acceptors (Lipinski definition) is 5. The first-order chi connectivity index (χ1) is 14.6. The van der Waals surface area contributed by atoms with Crippen LogP contribution >= 0.6 is 0 Å². The van der Waals surface area contributed by atoms with E-state index in [9.17, 15) is 8.42 Å². The number of sulfonamides is 1. The number of pyridine rings is 1. The van der Waals surface area contributed by atoms with Crippen molar-refractivity contribution in [1.29, 1.82) is 0 Å². The zero-order valence-electron chi connectivity index (χ0n) is 17.0. The van der Waals surface area contributed by atoms with E-state index < -0.39 is 10.0 Å². The predicted molar refractivity (Wildman–Crippen MR) is 115 cm³/mol. The molecule has 1 aliphatic rings. The van der Waals surface area contributed by atoms with Gasteiger partial charge in [-0.3, -0.25) is 9.67 Å². The summed E-state index contributed by atoms with van der Waals surface area (Å²) in [7, 11) is -3.65. The molecule has 2 heterocycles. The highest BCUT2D eigenvalue weighted by molar-refractivity contribution is 7.89. The lowest BCUT2D eigenvalue weighted by molar-refractivity contribution is 0.340. The van der Waals surface area contributed by atoms with Crippen LogP contribution in [0.1, 0.15) is 44.3 Å². The molecule has 7 nitrogen and oxygen atoms in total. The van der Waals surface area contributed by atoms with Gasteiger partial charge in [0.05, 0.1) is 41.2 Å². The Morgan fingerprint density at radius 2 is 1.90 bits per heavy atom. The molecule has 4 rings (SSSR count). The van der Waals surface area contributed by atoms with E-state index in [0.29, 0.717) is 24.1 Å². The minimum absolute atomic E-state index is 0.120. The summed E-state index contributed by atoms with van der Waals surface area (Å²) in [6.45, 7) is 2.54. The first kappa shape index (κ1) is 20.6. The van der Waals surface area contributed by atoms with Crippen molar-refractivity contribution >= 4 is 10.0 Å². The molecule has 1 fully saturated rings. The molecule has 30 heavy (non-hydrogen) atoms. The molecule has 0 radical (unpaired) electrons. The summed E-state index contributed by atoms with van der Waals surface area (Å²) in [5, 5.41) is 4.73. The summed E-state index contributed by atoms with van der Waals surface area (Å²) in [5.41, 5.74) is 2.45. The lowest BCUT2D eigenvalue weighted by atomic mass is 10.2.